The van der Waals surface area contributed by atoms with Crippen LogP contribution in [0.4, 0.5) is 10.1 Å². The lowest BCUT2D eigenvalue weighted by Crippen LogP contribution is -2.11. The number of aromatic nitrogens is 7. The maximum absolute atomic E-state index is 15.8. The van der Waals surface area contributed by atoms with E-state index < -0.39 is 5.82 Å². The number of nitrogens with one attached hydrogen (secondary N) is 3. The lowest BCUT2D eigenvalue weighted by Gasteiger charge is -2.08. The van der Waals surface area contributed by atoms with Gasteiger partial charge in [0.15, 0.2) is 11.6 Å². The fraction of sp³-hybridized carbons (Fsp3) is 0. The molecule has 0 bridgehead atoms. The van der Waals surface area contributed by atoms with Gasteiger partial charge in [-0.05, 0) is 24.3 Å². The van der Waals surface area contributed by atoms with E-state index >= 15 is 4.39 Å². The molecule has 164 valence electrons. The van der Waals surface area contributed by atoms with Gasteiger partial charge in [-0.25, -0.2) is 9.37 Å². The van der Waals surface area contributed by atoms with Crippen LogP contribution in [0.2, 0.25) is 0 Å². The second-order valence-electron chi connectivity index (χ2n) is 7.54. The smallest absolute Gasteiger partial charge is 0.255 e. The van der Waals surface area contributed by atoms with Crippen LogP contribution >= 0.6 is 0 Å². The van der Waals surface area contributed by atoms with Crippen LogP contribution in [0.25, 0.3) is 44.7 Å². The summed E-state index contributed by atoms with van der Waals surface area (Å²) in [6.07, 6.45) is 7.76. The van der Waals surface area contributed by atoms with Gasteiger partial charge in [-0.2, -0.15) is 5.10 Å². The number of H-pyrrole nitrogens is 2. The first-order valence-corrected chi connectivity index (χ1v) is 10.3. The van der Waals surface area contributed by atoms with Crippen molar-refractivity contribution in [2.45, 2.75) is 0 Å². The molecular weight excluding hydrogens is 435 g/mol. The number of hydrogen-bond donors (Lipinski definition) is 3. The second kappa shape index (κ2) is 7.85. The summed E-state index contributed by atoms with van der Waals surface area (Å²) < 4.78 is 15.8. The molecule has 0 saturated heterocycles. The van der Waals surface area contributed by atoms with Crippen LogP contribution in [0.3, 0.4) is 0 Å². The second-order valence-corrected chi connectivity index (χ2v) is 7.54. The number of carbonyl (C=O) groups excluding carboxylic acids is 1. The van der Waals surface area contributed by atoms with Crippen LogP contribution in [-0.2, 0) is 0 Å². The molecule has 0 spiro atoms. The van der Waals surface area contributed by atoms with Crippen molar-refractivity contribution in [1.29, 1.82) is 0 Å². The molecular formula is C24H15FN8O. The van der Waals surface area contributed by atoms with Crippen molar-refractivity contribution in [1.82, 2.24) is 35.1 Å². The zero-order chi connectivity index (χ0) is 23.1. The van der Waals surface area contributed by atoms with Crippen LogP contribution in [0.5, 0.6) is 0 Å². The molecule has 6 aromatic rings. The van der Waals surface area contributed by atoms with E-state index in [9.17, 15) is 4.79 Å². The molecule has 1 amide bonds. The lowest BCUT2D eigenvalue weighted by molar-refractivity contribution is 0.102. The third-order valence-corrected chi connectivity index (χ3v) is 5.36. The Morgan fingerprint density at radius 1 is 0.941 bits per heavy atom. The Kier molecular flexibility index (Phi) is 4.54. The van der Waals surface area contributed by atoms with Gasteiger partial charge in [-0.15, -0.1) is 0 Å². The number of halogens is 1. The van der Waals surface area contributed by atoms with Gasteiger partial charge in [-0.3, -0.25) is 24.8 Å². The fourth-order valence-corrected chi connectivity index (χ4v) is 3.75. The van der Waals surface area contributed by atoms with Crippen molar-refractivity contribution in [3.05, 3.63) is 84.8 Å². The zero-order valence-electron chi connectivity index (χ0n) is 17.5. The highest BCUT2D eigenvalue weighted by atomic mass is 19.1. The van der Waals surface area contributed by atoms with E-state index in [1.165, 1.54) is 18.6 Å². The molecule has 0 fully saturated rings. The van der Waals surface area contributed by atoms with Gasteiger partial charge in [0.2, 0.25) is 0 Å². The Bertz CT molecular complexity index is 1640. The highest BCUT2D eigenvalue weighted by Gasteiger charge is 2.20. The fourth-order valence-electron chi connectivity index (χ4n) is 3.75. The van der Waals surface area contributed by atoms with E-state index in [4.69, 9.17) is 0 Å². The summed E-state index contributed by atoms with van der Waals surface area (Å²) in [6, 6.07) is 12.2. The molecule has 0 radical (unpaired) electrons. The van der Waals surface area contributed by atoms with Crippen molar-refractivity contribution < 1.29 is 9.18 Å². The van der Waals surface area contributed by atoms with E-state index in [1.54, 1.807) is 48.8 Å². The first-order valence-electron chi connectivity index (χ1n) is 10.3. The topological polar surface area (TPSA) is 125 Å². The monoisotopic (exact) mass is 450 g/mol. The van der Waals surface area contributed by atoms with Crippen LogP contribution in [0.1, 0.15) is 10.4 Å². The van der Waals surface area contributed by atoms with Gasteiger partial charge in [0.25, 0.3) is 5.91 Å². The number of hydrogen-bond acceptors (Lipinski definition) is 6. The Hall–Kier alpha value is -4.99. The molecule has 5 aromatic heterocycles. The predicted molar refractivity (Wildman–Crippen MR) is 124 cm³/mol. The molecule has 0 unspecified atom stereocenters. The van der Waals surface area contributed by atoms with Gasteiger partial charge in [0.05, 0.1) is 46.2 Å². The van der Waals surface area contributed by atoms with Gasteiger partial charge < -0.3 is 10.3 Å². The summed E-state index contributed by atoms with van der Waals surface area (Å²) in [4.78, 5) is 32.6. The molecule has 0 aliphatic heterocycles. The quantitative estimate of drug-likeness (QED) is 0.367. The van der Waals surface area contributed by atoms with E-state index in [2.05, 4.69) is 40.4 Å². The van der Waals surface area contributed by atoms with E-state index in [0.29, 0.717) is 39.4 Å². The van der Waals surface area contributed by atoms with Crippen molar-refractivity contribution in [3.8, 4) is 22.8 Å². The number of aromatic amines is 2. The Morgan fingerprint density at radius 2 is 1.82 bits per heavy atom. The molecule has 0 aliphatic rings. The highest BCUT2D eigenvalue weighted by molar-refractivity contribution is 6.04. The molecule has 1 aromatic carbocycles. The number of carbonyl (C=O) groups is 1. The van der Waals surface area contributed by atoms with Gasteiger partial charge in [-0.1, -0.05) is 18.2 Å². The SMILES string of the molecule is O=C(Nc1cncc(-c2ncc3[nH]nc(-c4nc5ccncc5[nH]4)c3c2F)c1)c1ccccc1. The van der Waals surface area contributed by atoms with Gasteiger partial charge in [0.1, 0.15) is 11.4 Å². The number of benzene rings is 1. The lowest BCUT2D eigenvalue weighted by atomic mass is 10.1. The van der Waals surface area contributed by atoms with Crippen LogP contribution < -0.4 is 5.32 Å². The number of nitrogens with zero attached hydrogens (tertiary/aromatic N) is 5. The Morgan fingerprint density at radius 3 is 2.68 bits per heavy atom. The summed E-state index contributed by atoms with van der Waals surface area (Å²) in [6.45, 7) is 0. The number of rotatable bonds is 4. The maximum Gasteiger partial charge on any atom is 0.255 e. The minimum atomic E-state index is -0.576. The molecule has 6 rings (SSSR count). The first-order chi connectivity index (χ1) is 16.7. The van der Waals surface area contributed by atoms with Crippen LogP contribution in [0, 0.1) is 5.82 Å². The van der Waals surface area contributed by atoms with Crippen molar-refractivity contribution in [2.75, 3.05) is 5.32 Å². The summed E-state index contributed by atoms with van der Waals surface area (Å²) in [5.41, 5.74) is 3.58. The standard InChI is InChI=1S/C24H15FN8O/c25-20-19-18(32-33-22(19)23-30-16-6-7-26-11-17(16)31-23)12-28-21(20)14-8-15(10-27-9-14)29-24(34)13-4-2-1-3-5-13/h1-12H,(H,29,34)(H,30,31)(H,32,33). The van der Waals surface area contributed by atoms with Crippen molar-refractivity contribution >= 4 is 33.5 Å². The number of amides is 1. The van der Waals surface area contributed by atoms with E-state index in [-0.39, 0.29) is 17.0 Å². The molecule has 0 saturated carbocycles. The number of anilines is 1. The minimum Gasteiger partial charge on any atom is -0.335 e. The van der Waals surface area contributed by atoms with E-state index in [0.717, 1.165) is 5.52 Å². The number of imidazole rings is 1. The molecule has 0 aliphatic carbocycles. The molecule has 10 heteroatoms. The van der Waals surface area contributed by atoms with Crippen molar-refractivity contribution in [3.63, 3.8) is 0 Å². The summed E-state index contributed by atoms with van der Waals surface area (Å²) in [5, 5.41) is 10.1. The van der Waals surface area contributed by atoms with Gasteiger partial charge in [0, 0.05) is 23.5 Å². The number of fused-ring (bicyclic) bond motifs is 2. The average Bonchev–Trinajstić information content (AvgIpc) is 3.49. The third kappa shape index (κ3) is 3.34. The maximum atomic E-state index is 15.8. The van der Waals surface area contributed by atoms with Crippen LogP contribution in [-0.4, -0.2) is 41.0 Å². The Labute approximate surface area is 191 Å². The Balaban J connectivity index is 1.40. The predicted octanol–water partition coefficient (Wildman–Crippen LogP) is 4.35. The normalized spacial score (nSPS) is 11.2. The summed E-state index contributed by atoms with van der Waals surface area (Å²) in [5.74, 6) is -0.458. The molecule has 34 heavy (non-hydrogen) atoms. The van der Waals surface area contributed by atoms with Crippen molar-refractivity contribution in [2.24, 2.45) is 0 Å². The molecule has 3 N–H and O–H groups in total. The minimum absolute atomic E-state index is 0.0798. The highest BCUT2D eigenvalue weighted by Crippen LogP contribution is 2.32. The largest absolute Gasteiger partial charge is 0.335 e. The van der Waals surface area contributed by atoms with E-state index in [1.807, 2.05) is 6.07 Å². The average molecular weight is 450 g/mol. The molecule has 9 nitrogen and oxygen atoms in total. The third-order valence-electron chi connectivity index (χ3n) is 5.36. The van der Waals surface area contributed by atoms with Crippen LogP contribution in [0.15, 0.2) is 73.4 Å². The molecule has 0 atom stereocenters. The summed E-state index contributed by atoms with van der Waals surface area (Å²) >= 11 is 0. The number of pyridine rings is 3. The summed E-state index contributed by atoms with van der Waals surface area (Å²) in [7, 11) is 0. The zero-order valence-corrected chi connectivity index (χ0v) is 17.5. The van der Waals surface area contributed by atoms with Gasteiger partial charge >= 0.3 is 0 Å². The first kappa shape index (κ1) is 19.7. The molecule has 5 heterocycles.